The molecule has 3 saturated carbocycles. The molecule has 7 atom stereocenters. The third-order valence-corrected chi connectivity index (χ3v) is 10.8. The number of aliphatic hydroxyl groups is 1. The molecule has 9 nitrogen and oxygen atoms in total. The van der Waals surface area contributed by atoms with E-state index < -0.39 is 64.3 Å². The van der Waals surface area contributed by atoms with Crippen LogP contribution >= 0.6 is 0 Å². The van der Waals surface area contributed by atoms with Gasteiger partial charge in [0, 0.05) is 22.8 Å². The van der Waals surface area contributed by atoms with Gasteiger partial charge in [-0.05, 0) is 81.4 Å². The molecule has 45 heavy (non-hydrogen) atoms. The fourth-order valence-electron chi connectivity index (χ4n) is 8.54. The molecule has 234 valence electrons. The van der Waals surface area contributed by atoms with Gasteiger partial charge < -0.3 is 24.4 Å². The van der Waals surface area contributed by atoms with Gasteiger partial charge in [-0.1, -0.05) is 36.8 Å². The molecule has 6 rings (SSSR count). The van der Waals surface area contributed by atoms with Gasteiger partial charge in [-0.25, -0.2) is 14.0 Å². The van der Waals surface area contributed by atoms with Crippen molar-refractivity contribution in [1.82, 2.24) is 0 Å². The summed E-state index contributed by atoms with van der Waals surface area (Å²) in [5.74, 6) is -3.13. The molecule has 0 unspecified atom stereocenters. The van der Waals surface area contributed by atoms with E-state index in [9.17, 15) is 24.6 Å². The number of benzene rings is 2. The minimum atomic E-state index is -2.15. The van der Waals surface area contributed by atoms with Crippen LogP contribution in [0, 0.1) is 34.0 Å². The fraction of sp³-hybridized carbons (Fsp3) is 0.429. The normalized spacial score (nSPS) is 34.8. The van der Waals surface area contributed by atoms with Crippen molar-refractivity contribution in [1.29, 1.82) is 5.26 Å². The van der Waals surface area contributed by atoms with Gasteiger partial charge in [-0.2, -0.15) is 5.26 Å². The Labute approximate surface area is 259 Å². The molecule has 0 saturated heterocycles. The number of allylic oxidation sites excluding steroid dienone is 4. The summed E-state index contributed by atoms with van der Waals surface area (Å²) >= 11 is 0. The number of carbonyl (C=O) groups excluding carboxylic acids is 3. The fourth-order valence-corrected chi connectivity index (χ4v) is 8.54. The van der Waals surface area contributed by atoms with Crippen LogP contribution in [0.2, 0.25) is 0 Å². The van der Waals surface area contributed by atoms with Gasteiger partial charge in [-0.15, -0.1) is 0 Å². The predicted molar refractivity (Wildman–Crippen MR) is 158 cm³/mol. The number of nitriles is 1. The van der Waals surface area contributed by atoms with Gasteiger partial charge in [-0.3, -0.25) is 4.79 Å². The van der Waals surface area contributed by atoms with Crippen molar-refractivity contribution >= 4 is 17.7 Å². The second-order valence-corrected chi connectivity index (χ2v) is 12.8. The summed E-state index contributed by atoms with van der Waals surface area (Å²) in [5.41, 5.74) is -6.26. The monoisotopic (exact) mass is 615 g/mol. The highest BCUT2D eigenvalue weighted by atomic mass is 19.1. The smallest absolute Gasteiger partial charge is 0.352 e. The lowest BCUT2D eigenvalue weighted by molar-refractivity contribution is -0.224. The molecule has 4 aliphatic carbocycles. The van der Waals surface area contributed by atoms with Crippen LogP contribution in [0.3, 0.4) is 0 Å². The Morgan fingerprint density at radius 2 is 1.84 bits per heavy atom. The predicted octanol–water partition coefficient (Wildman–Crippen LogP) is 5.52. The van der Waals surface area contributed by atoms with E-state index in [1.54, 1.807) is 50.3 Å². The van der Waals surface area contributed by atoms with Crippen LogP contribution in [0.1, 0.15) is 56.3 Å². The zero-order chi connectivity index (χ0) is 32.2. The Morgan fingerprint density at radius 1 is 1.09 bits per heavy atom. The molecular formula is C35H34FNO8. The number of phenolic OH excluding ortho intramolecular Hbond substituents is 1. The Morgan fingerprint density at radius 3 is 2.56 bits per heavy atom. The first-order chi connectivity index (χ1) is 21.4. The molecule has 4 aliphatic rings. The zero-order valence-electron chi connectivity index (χ0n) is 25.0. The number of hydrogen-bond acceptors (Lipinski definition) is 9. The molecule has 0 heterocycles. The SMILES string of the molecule is C[C@]12C=CC(=O)C=C1CC[C@H]1[C@@H]3CC[C@](OC(=O)c4ccc(Oc5ccccc5)cc4O)(C(=O)OCC#N)[C@@]3(C)C[C@H](O)[C@@]12F. The van der Waals surface area contributed by atoms with Crippen molar-refractivity contribution in [3.05, 3.63) is 77.9 Å². The summed E-state index contributed by atoms with van der Waals surface area (Å²) in [5, 5.41) is 31.6. The summed E-state index contributed by atoms with van der Waals surface area (Å²) in [6.07, 6.45) is 3.47. The molecule has 0 bridgehead atoms. The number of aromatic hydroxyl groups is 1. The van der Waals surface area contributed by atoms with Crippen LogP contribution in [0.5, 0.6) is 17.2 Å². The molecule has 3 fully saturated rings. The standard InChI is InChI=1S/C35H34FNO8/c1-32-14-12-22(38)18-21(32)8-11-27-26-13-15-34(31(42)43-17-16-37,33(26,2)20-29(40)35(27,32)36)45-30(41)25-10-9-24(19-28(25)39)44-23-6-4-3-5-7-23/h3-7,9-10,12,14,18-19,26-27,29,39-40H,8,11,13,15,17,20H2,1-2H3/t26-,27-,29-,32-,33-,34-,35-/m0/s1. The van der Waals surface area contributed by atoms with Crippen molar-refractivity contribution in [2.45, 2.75) is 63.3 Å². The number of fused-ring (bicyclic) bond motifs is 5. The number of hydrogen-bond donors (Lipinski definition) is 2. The van der Waals surface area contributed by atoms with Crippen LogP contribution in [0.25, 0.3) is 0 Å². The Hall–Kier alpha value is -4.49. The summed E-state index contributed by atoms with van der Waals surface area (Å²) in [6, 6.07) is 14.6. The van der Waals surface area contributed by atoms with Crippen LogP contribution in [0.4, 0.5) is 4.39 Å². The third-order valence-electron chi connectivity index (χ3n) is 10.8. The third kappa shape index (κ3) is 4.47. The van der Waals surface area contributed by atoms with Crippen LogP contribution in [-0.4, -0.2) is 51.9 Å². The van der Waals surface area contributed by atoms with Gasteiger partial charge in [0.25, 0.3) is 0 Å². The van der Waals surface area contributed by atoms with E-state index in [2.05, 4.69) is 0 Å². The topological polar surface area (TPSA) is 143 Å². The average molecular weight is 616 g/mol. The number of alkyl halides is 1. The highest BCUT2D eigenvalue weighted by Crippen LogP contribution is 2.70. The van der Waals surface area contributed by atoms with Crippen molar-refractivity contribution in [2.75, 3.05) is 6.61 Å². The molecule has 0 radical (unpaired) electrons. The number of phenols is 1. The molecule has 2 N–H and O–H groups in total. The van der Waals surface area contributed by atoms with Gasteiger partial charge in [0.2, 0.25) is 5.60 Å². The van der Waals surface area contributed by atoms with Crippen molar-refractivity contribution in [3.8, 4) is 23.3 Å². The summed E-state index contributed by atoms with van der Waals surface area (Å²) in [4.78, 5) is 39.6. The molecular weight excluding hydrogens is 581 g/mol. The van der Waals surface area contributed by atoms with Gasteiger partial charge in [0.05, 0.1) is 6.10 Å². The number of rotatable bonds is 6. The number of halogens is 1. The number of para-hydroxylation sites is 1. The quantitative estimate of drug-likeness (QED) is 0.402. The maximum absolute atomic E-state index is 17.5. The minimum absolute atomic E-state index is 0.0346. The molecule has 2 aromatic carbocycles. The first kappa shape index (κ1) is 30.5. The van der Waals surface area contributed by atoms with Crippen molar-refractivity contribution in [3.63, 3.8) is 0 Å². The summed E-state index contributed by atoms with van der Waals surface area (Å²) in [6.45, 7) is 2.79. The Bertz CT molecular complexity index is 1670. The van der Waals surface area contributed by atoms with Gasteiger partial charge >= 0.3 is 11.9 Å². The largest absolute Gasteiger partial charge is 0.507 e. The lowest BCUT2D eigenvalue weighted by Gasteiger charge is -2.62. The van der Waals surface area contributed by atoms with E-state index in [4.69, 9.17) is 19.5 Å². The molecule has 0 aromatic heterocycles. The average Bonchev–Trinajstić information content (AvgIpc) is 3.29. The Kier molecular flexibility index (Phi) is 7.36. The molecule has 2 aromatic rings. The highest BCUT2D eigenvalue weighted by molar-refractivity contribution is 6.01. The molecule has 10 heteroatoms. The molecule has 0 aliphatic heterocycles. The van der Waals surface area contributed by atoms with Gasteiger partial charge in [0.1, 0.15) is 28.9 Å². The first-order valence-corrected chi connectivity index (χ1v) is 15.0. The maximum Gasteiger partial charge on any atom is 0.352 e. The van der Waals surface area contributed by atoms with E-state index in [0.29, 0.717) is 24.2 Å². The number of esters is 2. The van der Waals surface area contributed by atoms with E-state index >= 15 is 4.39 Å². The number of carbonyl (C=O) groups is 3. The number of ether oxygens (including phenoxy) is 3. The second kappa shape index (κ2) is 10.8. The number of aliphatic hydroxyl groups excluding tert-OH is 1. The molecule has 0 amide bonds. The van der Waals surface area contributed by atoms with Crippen LogP contribution in [0.15, 0.2) is 72.3 Å². The number of nitrogens with zero attached hydrogens (tertiary/aromatic N) is 1. The van der Waals surface area contributed by atoms with Crippen LogP contribution in [-0.2, 0) is 19.1 Å². The van der Waals surface area contributed by atoms with E-state index in [-0.39, 0.29) is 36.4 Å². The molecule has 0 spiro atoms. The highest BCUT2D eigenvalue weighted by Gasteiger charge is 2.76. The van der Waals surface area contributed by atoms with E-state index in [1.807, 2.05) is 6.07 Å². The second-order valence-electron chi connectivity index (χ2n) is 12.8. The minimum Gasteiger partial charge on any atom is -0.507 e. The maximum atomic E-state index is 17.5. The number of ketones is 1. The van der Waals surface area contributed by atoms with Crippen molar-refractivity contribution in [2.24, 2.45) is 22.7 Å². The van der Waals surface area contributed by atoms with Crippen LogP contribution < -0.4 is 4.74 Å². The lowest BCUT2D eigenvalue weighted by atomic mass is 9.45. The summed E-state index contributed by atoms with van der Waals surface area (Å²) in [7, 11) is 0. The van der Waals surface area contributed by atoms with E-state index in [1.165, 1.54) is 30.4 Å². The summed E-state index contributed by atoms with van der Waals surface area (Å²) < 4.78 is 34.6. The van der Waals surface area contributed by atoms with E-state index in [0.717, 1.165) is 0 Å². The van der Waals surface area contributed by atoms with Gasteiger partial charge in [0.15, 0.2) is 18.1 Å². The van der Waals surface area contributed by atoms with Crippen molar-refractivity contribution < 1.29 is 43.2 Å². The lowest BCUT2D eigenvalue weighted by Crippen LogP contribution is -2.69. The Balaban J connectivity index is 1.34. The first-order valence-electron chi connectivity index (χ1n) is 15.0. The zero-order valence-corrected chi connectivity index (χ0v) is 25.0.